The molecule has 176 valence electrons. The molecule has 4 heterocycles. The molecule has 33 heavy (non-hydrogen) atoms. The average molecular weight is 465 g/mol. The van der Waals surface area contributed by atoms with E-state index in [1.165, 1.54) is 0 Å². The molecule has 1 saturated heterocycles. The van der Waals surface area contributed by atoms with Crippen molar-refractivity contribution in [2.45, 2.75) is 32.0 Å². The summed E-state index contributed by atoms with van der Waals surface area (Å²) in [5.74, 6) is -2.27. The maximum atomic E-state index is 12.2. The number of amides is 2. The van der Waals surface area contributed by atoms with Crippen molar-refractivity contribution < 1.29 is 27.9 Å². The van der Waals surface area contributed by atoms with Crippen molar-refractivity contribution in [3.05, 3.63) is 36.3 Å². The zero-order valence-electron chi connectivity index (χ0n) is 17.5. The molecule has 13 heteroatoms. The number of carbonyl (C=O) groups is 2. The number of carbonyl (C=O) groups excluding carboxylic acids is 1. The first-order chi connectivity index (χ1) is 15.6. The quantitative estimate of drug-likeness (QED) is 0.400. The summed E-state index contributed by atoms with van der Waals surface area (Å²) in [6, 6.07) is 5.60. The Hall–Kier alpha value is -3.74. The Bertz CT molecular complexity index is 1130. The SMILES string of the molecule is Cc1cc(-c2n[nH]c3cc(NC(=O)NC4CCCNC4)ncc23)ccn1.O=C(O)C(F)(F)F. The number of hydrogen-bond acceptors (Lipinski definition) is 6. The minimum absolute atomic E-state index is 0.154. The largest absolute Gasteiger partial charge is 0.490 e. The highest BCUT2D eigenvalue weighted by atomic mass is 19.4. The monoisotopic (exact) mass is 465 g/mol. The van der Waals surface area contributed by atoms with Crippen molar-refractivity contribution in [1.29, 1.82) is 0 Å². The van der Waals surface area contributed by atoms with E-state index in [9.17, 15) is 18.0 Å². The Labute approximate surface area is 186 Å². The number of halogens is 3. The van der Waals surface area contributed by atoms with E-state index in [0.29, 0.717) is 5.82 Å². The number of aromatic amines is 1. The maximum absolute atomic E-state index is 12.2. The van der Waals surface area contributed by atoms with Crippen molar-refractivity contribution in [3.8, 4) is 11.3 Å². The Morgan fingerprint density at radius 2 is 2.00 bits per heavy atom. The molecule has 0 aromatic carbocycles. The topological polar surface area (TPSA) is 145 Å². The lowest BCUT2D eigenvalue weighted by molar-refractivity contribution is -0.192. The van der Waals surface area contributed by atoms with Crippen LogP contribution in [0.5, 0.6) is 0 Å². The number of hydrogen-bond donors (Lipinski definition) is 5. The fourth-order valence-electron chi connectivity index (χ4n) is 3.21. The molecule has 1 atom stereocenters. The molecule has 5 N–H and O–H groups in total. The molecule has 3 aromatic heterocycles. The first kappa shape index (κ1) is 23.9. The lowest BCUT2D eigenvalue weighted by Crippen LogP contribution is -2.47. The standard InChI is InChI=1S/C18H21N7O.C2HF3O2/c1-11-7-12(4-6-20-11)17-14-10-21-16(8-15(14)24-25-17)23-18(26)22-13-3-2-5-19-9-13;3-2(4,5)1(6)7/h4,6-8,10,13,19H,2-3,5,9H2,1H3,(H,24,25)(H2,21,22,23,26);(H,6,7). The van der Waals surface area contributed by atoms with Gasteiger partial charge in [0.1, 0.15) is 11.5 Å². The molecular formula is C20H22F3N7O3. The summed E-state index contributed by atoms with van der Waals surface area (Å²) in [5.41, 5.74) is 3.55. The maximum Gasteiger partial charge on any atom is 0.490 e. The minimum atomic E-state index is -5.08. The van der Waals surface area contributed by atoms with E-state index in [1.807, 2.05) is 19.1 Å². The number of urea groups is 1. The smallest absolute Gasteiger partial charge is 0.475 e. The number of aliphatic carboxylic acids is 1. The fraction of sp³-hybridized carbons (Fsp3) is 0.350. The van der Waals surface area contributed by atoms with E-state index in [-0.39, 0.29) is 12.1 Å². The second-order valence-electron chi connectivity index (χ2n) is 7.32. The van der Waals surface area contributed by atoms with Crippen LogP contribution in [0.4, 0.5) is 23.8 Å². The van der Waals surface area contributed by atoms with Gasteiger partial charge in [-0.15, -0.1) is 0 Å². The lowest BCUT2D eigenvalue weighted by atomic mass is 10.1. The number of carboxylic acids is 1. The van der Waals surface area contributed by atoms with Crippen LogP contribution in [0.25, 0.3) is 22.2 Å². The molecule has 0 bridgehead atoms. The van der Waals surface area contributed by atoms with Crippen molar-refractivity contribution in [1.82, 2.24) is 30.8 Å². The molecule has 1 fully saturated rings. The van der Waals surface area contributed by atoms with Gasteiger partial charge in [0, 0.05) is 47.7 Å². The van der Waals surface area contributed by atoms with Gasteiger partial charge in [0.15, 0.2) is 0 Å². The van der Waals surface area contributed by atoms with Gasteiger partial charge < -0.3 is 15.7 Å². The third-order valence-corrected chi connectivity index (χ3v) is 4.73. The van der Waals surface area contributed by atoms with E-state index in [0.717, 1.165) is 53.8 Å². The summed E-state index contributed by atoms with van der Waals surface area (Å²) in [5, 5.41) is 24.5. The van der Waals surface area contributed by atoms with Gasteiger partial charge in [0.05, 0.1) is 5.52 Å². The molecule has 0 aliphatic carbocycles. The number of aromatic nitrogens is 4. The normalized spacial score (nSPS) is 15.9. The van der Waals surface area contributed by atoms with Crippen LogP contribution in [0.3, 0.4) is 0 Å². The Morgan fingerprint density at radius 3 is 2.64 bits per heavy atom. The average Bonchev–Trinajstić information content (AvgIpc) is 3.17. The molecule has 1 unspecified atom stereocenters. The van der Waals surface area contributed by atoms with Crippen molar-refractivity contribution in [3.63, 3.8) is 0 Å². The third kappa shape index (κ3) is 6.62. The first-order valence-electron chi connectivity index (χ1n) is 9.99. The van der Waals surface area contributed by atoms with E-state index >= 15 is 0 Å². The highest BCUT2D eigenvalue weighted by Crippen LogP contribution is 2.26. The number of H-pyrrole nitrogens is 1. The van der Waals surface area contributed by atoms with Gasteiger partial charge in [-0.25, -0.2) is 14.6 Å². The summed E-state index contributed by atoms with van der Waals surface area (Å²) in [6.45, 7) is 3.76. The van der Waals surface area contributed by atoms with Crippen LogP contribution >= 0.6 is 0 Å². The first-order valence-corrected chi connectivity index (χ1v) is 9.99. The molecule has 1 aliphatic heterocycles. The Kier molecular flexibility index (Phi) is 7.43. The number of aryl methyl sites for hydroxylation is 1. The van der Waals surface area contributed by atoms with E-state index < -0.39 is 12.1 Å². The molecule has 1 aliphatic rings. The minimum Gasteiger partial charge on any atom is -0.475 e. The van der Waals surface area contributed by atoms with Gasteiger partial charge >= 0.3 is 18.2 Å². The highest BCUT2D eigenvalue weighted by molar-refractivity contribution is 5.95. The fourth-order valence-corrected chi connectivity index (χ4v) is 3.21. The van der Waals surface area contributed by atoms with Gasteiger partial charge in [-0.3, -0.25) is 15.4 Å². The number of rotatable bonds is 3. The summed E-state index contributed by atoms with van der Waals surface area (Å²) >= 11 is 0. The number of pyridine rings is 2. The number of piperidine rings is 1. The van der Waals surface area contributed by atoms with Crippen LogP contribution in [0.2, 0.25) is 0 Å². The number of anilines is 1. The molecule has 0 saturated carbocycles. The lowest BCUT2D eigenvalue weighted by Gasteiger charge is -2.23. The summed E-state index contributed by atoms with van der Waals surface area (Å²) in [7, 11) is 0. The summed E-state index contributed by atoms with van der Waals surface area (Å²) in [6.07, 6.45) is 0.462. The molecule has 0 spiro atoms. The Morgan fingerprint density at radius 1 is 1.24 bits per heavy atom. The van der Waals surface area contributed by atoms with Gasteiger partial charge in [-0.1, -0.05) is 0 Å². The van der Waals surface area contributed by atoms with Gasteiger partial charge in [0.25, 0.3) is 0 Å². The van der Waals surface area contributed by atoms with Gasteiger partial charge in [-0.2, -0.15) is 18.3 Å². The molecule has 2 amide bonds. The van der Waals surface area contributed by atoms with Crippen LogP contribution in [0, 0.1) is 6.92 Å². The summed E-state index contributed by atoms with van der Waals surface area (Å²) in [4.78, 5) is 29.6. The zero-order valence-corrected chi connectivity index (χ0v) is 17.5. The molecule has 0 radical (unpaired) electrons. The van der Waals surface area contributed by atoms with Crippen LogP contribution in [-0.2, 0) is 4.79 Å². The number of nitrogens with one attached hydrogen (secondary N) is 4. The molecule has 10 nitrogen and oxygen atoms in total. The predicted molar refractivity (Wildman–Crippen MR) is 114 cm³/mol. The van der Waals surface area contributed by atoms with Gasteiger partial charge in [0.2, 0.25) is 0 Å². The number of carboxylic acid groups (broad SMARTS) is 1. The van der Waals surface area contributed by atoms with Gasteiger partial charge in [-0.05, 0) is 38.4 Å². The number of nitrogens with zero attached hydrogens (tertiary/aromatic N) is 3. The van der Waals surface area contributed by atoms with Crippen molar-refractivity contribution in [2.75, 3.05) is 18.4 Å². The van der Waals surface area contributed by atoms with Crippen LogP contribution < -0.4 is 16.0 Å². The number of fused-ring (bicyclic) bond motifs is 1. The zero-order chi connectivity index (χ0) is 24.0. The summed E-state index contributed by atoms with van der Waals surface area (Å²) < 4.78 is 31.7. The van der Waals surface area contributed by atoms with Crippen LogP contribution in [0.1, 0.15) is 18.5 Å². The Balaban J connectivity index is 0.000000383. The van der Waals surface area contributed by atoms with Crippen molar-refractivity contribution in [2.24, 2.45) is 0 Å². The second-order valence-corrected chi connectivity index (χ2v) is 7.32. The molecular weight excluding hydrogens is 443 g/mol. The number of alkyl halides is 3. The van der Waals surface area contributed by atoms with E-state index in [4.69, 9.17) is 9.90 Å². The second kappa shape index (κ2) is 10.3. The molecule has 3 aromatic rings. The molecule has 4 rings (SSSR count). The highest BCUT2D eigenvalue weighted by Gasteiger charge is 2.38. The third-order valence-electron chi connectivity index (χ3n) is 4.73. The van der Waals surface area contributed by atoms with E-state index in [1.54, 1.807) is 18.5 Å². The van der Waals surface area contributed by atoms with E-state index in [2.05, 4.69) is 36.1 Å². The van der Waals surface area contributed by atoms with Crippen molar-refractivity contribution >= 4 is 28.7 Å². The van der Waals surface area contributed by atoms with Crippen LogP contribution in [-0.4, -0.2) is 62.6 Å². The predicted octanol–water partition coefficient (Wildman–Crippen LogP) is 2.84. The van der Waals surface area contributed by atoms with Crippen LogP contribution in [0.15, 0.2) is 30.6 Å².